The van der Waals surface area contributed by atoms with Gasteiger partial charge in [0.25, 0.3) is 0 Å². The fourth-order valence-electron chi connectivity index (χ4n) is 2.61. The van der Waals surface area contributed by atoms with Crippen LogP contribution in [0.4, 0.5) is 0 Å². The molecule has 4 N–H and O–H groups in total. The number of hydrogen-bond donors (Lipinski definition) is 3. The quantitative estimate of drug-likeness (QED) is 0.638. The first-order valence-corrected chi connectivity index (χ1v) is 6.43. The maximum atomic E-state index is 12.0. The first-order valence-electron chi connectivity index (χ1n) is 6.43. The maximum absolute atomic E-state index is 12.0. The van der Waals surface area contributed by atoms with Crippen molar-refractivity contribution < 1.29 is 14.6 Å². The molecule has 2 fully saturated rings. The summed E-state index contributed by atoms with van der Waals surface area (Å²) in [6.45, 7) is 1.76. The van der Waals surface area contributed by atoms with Gasteiger partial charge in [0.15, 0.2) is 0 Å². The molecular formula is C12H22N2O3. The monoisotopic (exact) mass is 242 g/mol. The maximum Gasteiger partial charge on any atom is 0.240 e. The van der Waals surface area contributed by atoms with Crippen molar-refractivity contribution in [1.29, 1.82) is 0 Å². The molecule has 2 unspecified atom stereocenters. The first-order chi connectivity index (χ1) is 8.10. The Labute approximate surface area is 102 Å². The highest BCUT2D eigenvalue weighted by Gasteiger charge is 2.36. The van der Waals surface area contributed by atoms with Crippen molar-refractivity contribution in [3.8, 4) is 0 Å². The number of amides is 1. The summed E-state index contributed by atoms with van der Waals surface area (Å²) < 4.78 is 5.21. The van der Waals surface area contributed by atoms with Crippen molar-refractivity contribution in [3.05, 3.63) is 0 Å². The van der Waals surface area contributed by atoms with Gasteiger partial charge in [0.05, 0.1) is 11.6 Å². The van der Waals surface area contributed by atoms with E-state index < -0.39 is 5.54 Å². The lowest BCUT2D eigenvalue weighted by atomic mass is 9.90. The van der Waals surface area contributed by atoms with E-state index >= 15 is 0 Å². The van der Waals surface area contributed by atoms with E-state index in [1.54, 1.807) is 0 Å². The van der Waals surface area contributed by atoms with Crippen LogP contribution in [0.3, 0.4) is 0 Å². The zero-order valence-electron chi connectivity index (χ0n) is 10.2. The number of rotatable bonds is 3. The first kappa shape index (κ1) is 12.8. The van der Waals surface area contributed by atoms with Gasteiger partial charge in [-0.3, -0.25) is 4.79 Å². The lowest BCUT2D eigenvalue weighted by molar-refractivity contribution is -0.129. The highest BCUT2D eigenvalue weighted by Crippen LogP contribution is 2.25. The van der Waals surface area contributed by atoms with Crippen LogP contribution < -0.4 is 11.1 Å². The zero-order chi connectivity index (χ0) is 12.3. The summed E-state index contributed by atoms with van der Waals surface area (Å²) in [7, 11) is 0. The Morgan fingerprint density at radius 1 is 1.41 bits per heavy atom. The Kier molecular flexibility index (Phi) is 4.01. The van der Waals surface area contributed by atoms with Crippen LogP contribution in [0.25, 0.3) is 0 Å². The summed E-state index contributed by atoms with van der Waals surface area (Å²) in [4.78, 5) is 12.0. The van der Waals surface area contributed by atoms with Crippen LogP contribution in [0, 0.1) is 5.92 Å². The van der Waals surface area contributed by atoms with Gasteiger partial charge in [-0.15, -0.1) is 0 Å². The van der Waals surface area contributed by atoms with Crippen molar-refractivity contribution >= 4 is 5.91 Å². The summed E-state index contributed by atoms with van der Waals surface area (Å²) in [5.41, 5.74) is 5.32. The molecule has 0 aromatic heterocycles. The Morgan fingerprint density at radius 3 is 2.71 bits per heavy atom. The second-order valence-electron chi connectivity index (χ2n) is 5.31. The molecule has 0 bridgehead atoms. The van der Waals surface area contributed by atoms with Gasteiger partial charge in [-0.1, -0.05) is 0 Å². The van der Waals surface area contributed by atoms with Crippen LogP contribution in [0.5, 0.6) is 0 Å². The van der Waals surface area contributed by atoms with Gasteiger partial charge >= 0.3 is 0 Å². The van der Waals surface area contributed by atoms with Crippen LogP contribution in [0.15, 0.2) is 0 Å². The molecule has 1 aliphatic heterocycles. The van der Waals surface area contributed by atoms with E-state index in [2.05, 4.69) is 5.32 Å². The number of nitrogens with two attached hydrogens (primary N) is 1. The predicted molar refractivity (Wildman–Crippen MR) is 63.3 cm³/mol. The molecule has 1 saturated carbocycles. The van der Waals surface area contributed by atoms with E-state index in [0.717, 1.165) is 19.3 Å². The Balaban J connectivity index is 1.76. The van der Waals surface area contributed by atoms with E-state index in [0.29, 0.717) is 38.5 Å². The van der Waals surface area contributed by atoms with Gasteiger partial charge in [0.2, 0.25) is 5.91 Å². The Morgan fingerprint density at radius 2 is 2.12 bits per heavy atom. The van der Waals surface area contributed by atoms with E-state index in [4.69, 9.17) is 10.5 Å². The highest BCUT2D eigenvalue weighted by atomic mass is 16.5. The highest BCUT2D eigenvalue weighted by molar-refractivity contribution is 5.86. The summed E-state index contributed by atoms with van der Waals surface area (Å²) in [6.07, 6.45) is 3.62. The third-order valence-electron chi connectivity index (χ3n) is 3.90. The Hall–Kier alpha value is -0.650. The molecule has 1 saturated heterocycles. The van der Waals surface area contributed by atoms with Gasteiger partial charge in [0.1, 0.15) is 0 Å². The van der Waals surface area contributed by atoms with Crippen LogP contribution in [-0.4, -0.2) is 42.4 Å². The minimum absolute atomic E-state index is 0.0674. The summed E-state index contributed by atoms with van der Waals surface area (Å²) in [5, 5.41) is 12.3. The second kappa shape index (κ2) is 5.33. The molecule has 0 aromatic rings. The minimum atomic E-state index is -0.754. The molecule has 1 amide bonds. The molecular weight excluding hydrogens is 220 g/mol. The standard InChI is InChI=1S/C12H22N2O3/c13-12(3-5-17-6-4-12)11(16)14-8-9-1-2-10(15)7-9/h9-10,15H,1-8,13H2,(H,14,16). The van der Waals surface area contributed by atoms with Crippen molar-refractivity contribution in [2.24, 2.45) is 11.7 Å². The van der Waals surface area contributed by atoms with Crippen LogP contribution in [0.1, 0.15) is 32.1 Å². The van der Waals surface area contributed by atoms with E-state index in [-0.39, 0.29) is 12.0 Å². The van der Waals surface area contributed by atoms with E-state index in [1.807, 2.05) is 0 Å². The third kappa shape index (κ3) is 3.18. The normalized spacial score (nSPS) is 32.4. The number of carbonyl (C=O) groups excluding carboxylic acids is 1. The smallest absolute Gasteiger partial charge is 0.240 e. The number of hydrogen-bond acceptors (Lipinski definition) is 4. The van der Waals surface area contributed by atoms with Gasteiger partial charge in [-0.2, -0.15) is 0 Å². The largest absolute Gasteiger partial charge is 0.393 e. The topological polar surface area (TPSA) is 84.6 Å². The lowest BCUT2D eigenvalue weighted by Crippen LogP contribution is -2.57. The molecule has 1 heterocycles. The number of aliphatic hydroxyl groups is 1. The number of aliphatic hydroxyl groups excluding tert-OH is 1. The average Bonchev–Trinajstić information content (AvgIpc) is 2.73. The second-order valence-corrected chi connectivity index (χ2v) is 5.31. The van der Waals surface area contributed by atoms with Gasteiger partial charge in [-0.25, -0.2) is 0 Å². The van der Waals surface area contributed by atoms with Crippen LogP contribution >= 0.6 is 0 Å². The average molecular weight is 242 g/mol. The molecule has 2 rings (SSSR count). The molecule has 98 valence electrons. The molecule has 5 nitrogen and oxygen atoms in total. The van der Waals surface area contributed by atoms with Crippen molar-refractivity contribution in [1.82, 2.24) is 5.32 Å². The fraction of sp³-hybridized carbons (Fsp3) is 0.917. The summed E-state index contributed by atoms with van der Waals surface area (Å²) in [5.74, 6) is 0.333. The summed E-state index contributed by atoms with van der Waals surface area (Å²) >= 11 is 0. The van der Waals surface area contributed by atoms with Gasteiger partial charge in [-0.05, 0) is 38.0 Å². The fourth-order valence-corrected chi connectivity index (χ4v) is 2.61. The Bertz CT molecular complexity index is 277. The SMILES string of the molecule is NC1(C(=O)NCC2CCC(O)C2)CCOCC1. The van der Waals surface area contributed by atoms with Crippen LogP contribution in [-0.2, 0) is 9.53 Å². The molecule has 2 aliphatic rings. The summed E-state index contributed by atoms with van der Waals surface area (Å²) in [6, 6.07) is 0. The van der Waals surface area contributed by atoms with E-state index in [9.17, 15) is 9.90 Å². The van der Waals surface area contributed by atoms with Crippen molar-refractivity contribution in [2.75, 3.05) is 19.8 Å². The number of ether oxygens (including phenoxy) is 1. The molecule has 0 spiro atoms. The van der Waals surface area contributed by atoms with E-state index in [1.165, 1.54) is 0 Å². The lowest BCUT2D eigenvalue weighted by Gasteiger charge is -2.32. The molecule has 0 aromatic carbocycles. The number of nitrogens with one attached hydrogen (secondary N) is 1. The molecule has 1 aliphatic carbocycles. The molecule has 0 radical (unpaired) electrons. The van der Waals surface area contributed by atoms with Gasteiger partial charge in [0, 0.05) is 19.8 Å². The van der Waals surface area contributed by atoms with Crippen LogP contribution in [0.2, 0.25) is 0 Å². The number of carbonyl (C=O) groups is 1. The molecule has 5 heteroatoms. The van der Waals surface area contributed by atoms with Crippen molar-refractivity contribution in [3.63, 3.8) is 0 Å². The van der Waals surface area contributed by atoms with Crippen molar-refractivity contribution in [2.45, 2.75) is 43.7 Å². The minimum Gasteiger partial charge on any atom is -0.393 e. The third-order valence-corrected chi connectivity index (χ3v) is 3.90. The predicted octanol–water partition coefficient (Wildman–Crippen LogP) is -0.229. The van der Waals surface area contributed by atoms with Gasteiger partial charge < -0.3 is 20.9 Å². The zero-order valence-corrected chi connectivity index (χ0v) is 10.2. The molecule has 2 atom stereocenters. The molecule has 17 heavy (non-hydrogen) atoms.